The largest absolute Gasteiger partial charge is 0.508 e. The van der Waals surface area contributed by atoms with Gasteiger partial charge < -0.3 is 20.5 Å². The number of hydrogen-bond acceptors (Lipinski definition) is 7. The molecule has 0 aliphatic carbocycles. The predicted octanol–water partition coefficient (Wildman–Crippen LogP) is 2.64. The standard InChI is InChI=1S/C27H30N4O5S/c28-31-26(34)23(15-19-11-13-22(32)14-12-19)29-25(33)24(18-37-17-21-9-5-2-6-10-21)30-27(35)36-16-20-7-3-1-4-8-20/h1-14,23-24,32H,15-18,28H2,(H,29,33)(H,30,35)(H,31,34). The van der Waals surface area contributed by atoms with Gasteiger partial charge in [0.25, 0.3) is 5.91 Å². The molecule has 9 nitrogen and oxygen atoms in total. The Balaban J connectivity index is 1.66. The molecule has 10 heteroatoms. The van der Waals surface area contributed by atoms with Gasteiger partial charge in [0, 0.05) is 17.9 Å². The molecule has 0 saturated carbocycles. The van der Waals surface area contributed by atoms with Crippen LogP contribution in [0.5, 0.6) is 5.75 Å². The Kier molecular flexibility index (Phi) is 10.8. The van der Waals surface area contributed by atoms with E-state index in [2.05, 4.69) is 16.1 Å². The van der Waals surface area contributed by atoms with Gasteiger partial charge in [-0.05, 0) is 28.8 Å². The summed E-state index contributed by atoms with van der Waals surface area (Å²) < 4.78 is 5.29. The molecule has 3 amide bonds. The molecule has 3 rings (SSSR count). The molecule has 37 heavy (non-hydrogen) atoms. The second-order valence-corrected chi connectivity index (χ2v) is 9.23. The molecular weight excluding hydrogens is 492 g/mol. The highest BCUT2D eigenvalue weighted by atomic mass is 32.2. The molecular formula is C27H30N4O5S. The summed E-state index contributed by atoms with van der Waals surface area (Å²) in [6, 6.07) is 23.2. The van der Waals surface area contributed by atoms with Crippen LogP contribution in [-0.4, -0.2) is 40.9 Å². The fourth-order valence-corrected chi connectivity index (χ4v) is 4.43. The quantitative estimate of drug-likeness (QED) is 0.140. The SMILES string of the molecule is NNC(=O)C(Cc1ccc(O)cc1)NC(=O)C(CSCc1ccccc1)NC(=O)OCc1ccccc1. The topological polar surface area (TPSA) is 143 Å². The number of nitrogens with one attached hydrogen (secondary N) is 3. The molecule has 0 bridgehead atoms. The number of aromatic hydroxyl groups is 1. The Labute approximate surface area is 219 Å². The normalized spacial score (nSPS) is 12.1. The van der Waals surface area contributed by atoms with Crippen molar-refractivity contribution in [3.63, 3.8) is 0 Å². The van der Waals surface area contributed by atoms with Crippen LogP contribution in [0, 0.1) is 0 Å². The molecule has 2 atom stereocenters. The minimum Gasteiger partial charge on any atom is -0.508 e. The Morgan fingerprint density at radius 1 is 0.784 bits per heavy atom. The maximum atomic E-state index is 13.2. The molecule has 0 aliphatic rings. The van der Waals surface area contributed by atoms with Gasteiger partial charge in [-0.1, -0.05) is 72.8 Å². The van der Waals surface area contributed by atoms with E-state index in [1.807, 2.05) is 60.7 Å². The molecule has 3 aromatic carbocycles. The van der Waals surface area contributed by atoms with Crippen molar-refractivity contribution in [3.8, 4) is 5.75 Å². The zero-order valence-corrected chi connectivity index (χ0v) is 20.9. The van der Waals surface area contributed by atoms with Crippen LogP contribution in [0.1, 0.15) is 16.7 Å². The first kappa shape index (κ1) is 27.6. The van der Waals surface area contributed by atoms with Crippen molar-refractivity contribution in [2.24, 2.45) is 5.84 Å². The van der Waals surface area contributed by atoms with Gasteiger partial charge in [-0.15, -0.1) is 0 Å². The summed E-state index contributed by atoms with van der Waals surface area (Å²) in [4.78, 5) is 38.1. The first-order valence-corrected chi connectivity index (χ1v) is 12.8. The summed E-state index contributed by atoms with van der Waals surface area (Å²) in [5.74, 6) is 5.16. The number of phenolic OH excluding ortho intramolecular Hbond substituents is 1. The fourth-order valence-electron chi connectivity index (χ4n) is 3.41. The van der Waals surface area contributed by atoms with Crippen molar-refractivity contribution in [1.82, 2.24) is 16.1 Å². The van der Waals surface area contributed by atoms with E-state index in [-0.39, 0.29) is 24.5 Å². The Morgan fingerprint density at radius 2 is 1.41 bits per heavy atom. The Bertz CT molecular complexity index is 1150. The zero-order valence-electron chi connectivity index (χ0n) is 20.1. The number of hydrazine groups is 1. The van der Waals surface area contributed by atoms with Crippen LogP contribution in [-0.2, 0) is 33.1 Å². The molecule has 0 aromatic heterocycles. The molecule has 194 valence electrons. The summed E-state index contributed by atoms with van der Waals surface area (Å²) in [5, 5.41) is 14.8. The van der Waals surface area contributed by atoms with Crippen LogP contribution in [0.3, 0.4) is 0 Å². The van der Waals surface area contributed by atoms with E-state index in [9.17, 15) is 19.5 Å². The lowest BCUT2D eigenvalue weighted by molar-refractivity contribution is -0.129. The molecule has 0 spiro atoms. The van der Waals surface area contributed by atoms with Gasteiger partial charge in [0.15, 0.2) is 0 Å². The van der Waals surface area contributed by atoms with Gasteiger partial charge in [-0.25, -0.2) is 10.6 Å². The van der Waals surface area contributed by atoms with Crippen molar-refractivity contribution in [2.75, 3.05) is 5.75 Å². The van der Waals surface area contributed by atoms with E-state index in [0.717, 1.165) is 11.1 Å². The van der Waals surface area contributed by atoms with E-state index in [1.165, 1.54) is 23.9 Å². The third kappa shape index (κ3) is 9.51. The molecule has 0 heterocycles. The van der Waals surface area contributed by atoms with E-state index >= 15 is 0 Å². The lowest BCUT2D eigenvalue weighted by Gasteiger charge is -2.22. The van der Waals surface area contributed by atoms with Gasteiger partial charge in [0.1, 0.15) is 24.4 Å². The molecule has 0 radical (unpaired) electrons. The van der Waals surface area contributed by atoms with E-state index in [1.54, 1.807) is 12.1 Å². The predicted molar refractivity (Wildman–Crippen MR) is 142 cm³/mol. The lowest BCUT2D eigenvalue weighted by atomic mass is 10.0. The monoisotopic (exact) mass is 522 g/mol. The van der Waals surface area contributed by atoms with E-state index < -0.39 is 30.0 Å². The number of amides is 3. The van der Waals surface area contributed by atoms with Crippen molar-refractivity contribution in [2.45, 2.75) is 30.9 Å². The zero-order chi connectivity index (χ0) is 26.5. The van der Waals surface area contributed by atoms with Crippen molar-refractivity contribution < 1.29 is 24.2 Å². The second kappa shape index (κ2) is 14.5. The van der Waals surface area contributed by atoms with Gasteiger partial charge in [0.05, 0.1) is 0 Å². The molecule has 6 N–H and O–H groups in total. The van der Waals surface area contributed by atoms with Gasteiger partial charge in [-0.2, -0.15) is 11.8 Å². The minimum absolute atomic E-state index is 0.0528. The fraction of sp³-hybridized carbons (Fsp3) is 0.222. The second-order valence-electron chi connectivity index (χ2n) is 8.20. The molecule has 0 aliphatic heterocycles. The number of carbonyl (C=O) groups is 3. The van der Waals surface area contributed by atoms with E-state index in [4.69, 9.17) is 10.6 Å². The number of phenols is 1. The van der Waals surface area contributed by atoms with Crippen LogP contribution in [0.4, 0.5) is 4.79 Å². The summed E-state index contributed by atoms with van der Waals surface area (Å²) in [7, 11) is 0. The Hall–Kier alpha value is -4.02. The lowest BCUT2D eigenvalue weighted by Crippen LogP contribution is -2.56. The number of benzene rings is 3. The number of hydrogen-bond donors (Lipinski definition) is 5. The molecule has 0 saturated heterocycles. The average molecular weight is 523 g/mol. The highest BCUT2D eigenvalue weighted by molar-refractivity contribution is 7.98. The molecule has 3 aromatic rings. The van der Waals surface area contributed by atoms with Crippen LogP contribution >= 0.6 is 11.8 Å². The van der Waals surface area contributed by atoms with Gasteiger partial charge >= 0.3 is 6.09 Å². The van der Waals surface area contributed by atoms with Crippen LogP contribution < -0.4 is 21.9 Å². The number of rotatable bonds is 12. The third-order valence-corrected chi connectivity index (χ3v) is 6.48. The summed E-state index contributed by atoms with van der Waals surface area (Å²) in [6.07, 6.45) is -0.611. The smallest absolute Gasteiger partial charge is 0.408 e. The van der Waals surface area contributed by atoms with Crippen LogP contribution in [0.2, 0.25) is 0 Å². The maximum absolute atomic E-state index is 13.2. The first-order valence-electron chi connectivity index (χ1n) is 11.6. The van der Waals surface area contributed by atoms with Crippen molar-refractivity contribution in [3.05, 3.63) is 102 Å². The van der Waals surface area contributed by atoms with Crippen LogP contribution in [0.15, 0.2) is 84.9 Å². The summed E-state index contributed by atoms with van der Waals surface area (Å²) >= 11 is 1.46. The van der Waals surface area contributed by atoms with E-state index in [0.29, 0.717) is 11.3 Å². The summed E-state index contributed by atoms with van der Waals surface area (Å²) in [5.41, 5.74) is 4.66. The number of alkyl carbamates (subject to hydrolysis) is 1. The summed E-state index contributed by atoms with van der Waals surface area (Å²) in [6.45, 7) is 0.0528. The number of ether oxygens (including phenoxy) is 1. The number of thioether (sulfide) groups is 1. The van der Waals surface area contributed by atoms with Gasteiger partial charge in [0.2, 0.25) is 5.91 Å². The molecule has 0 fully saturated rings. The third-order valence-electron chi connectivity index (χ3n) is 5.37. The van der Waals surface area contributed by atoms with Crippen LogP contribution in [0.25, 0.3) is 0 Å². The van der Waals surface area contributed by atoms with Gasteiger partial charge in [-0.3, -0.25) is 15.0 Å². The number of carbonyl (C=O) groups excluding carboxylic acids is 3. The number of nitrogens with two attached hydrogens (primary N) is 1. The minimum atomic E-state index is -0.995. The highest BCUT2D eigenvalue weighted by Gasteiger charge is 2.27. The molecule has 2 unspecified atom stereocenters. The average Bonchev–Trinajstić information content (AvgIpc) is 2.92. The first-order chi connectivity index (χ1) is 17.9. The van der Waals surface area contributed by atoms with Crippen molar-refractivity contribution in [1.29, 1.82) is 0 Å². The maximum Gasteiger partial charge on any atom is 0.408 e. The Morgan fingerprint density at radius 3 is 2.03 bits per heavy atom. The highest BCUT2D eigenvalue weighted by Crippen LogP contribution is 2.15. The van der Waals surface area contributed by atoms with Crippen molar-refractivity contribution >= 4 is 29.7 Å².